The largest absolute Gasteiger partial charge is 0.338 e. The normalized spacial score (nSPS) is 26.4. The van der Waals surface area contributed by atoms with Crippen LogP contribution in [-0.2, 0) is 4.79 Å². The first-order valence-electron chi connectivity index (χ1n) is 7.53. The average molecular weight is 270 g/mol. The molecule has 1 fully saturated rings. The molecule has 2 N–H and O–H groups in total. The summed E-state index contributed by atoms with van der Waals surface area (Å²) in [6, 6.07) is 10.7. The van der Waals surface area contributed by atoms with Crippen molar-refractivity contribution in [2.24, 2.45) is 11.7 Å². The van der Waals surface area contributed by atoms with Crippen LogP contribution in [-0.4, -0.2) is 29.9 Å². The van der Waals surface area contributed by atoms with Crippen molar-refractivity contribution in [2.45, 2.75) is 31.7 Å². The molecular weight excluding hydrogens is 248 g/mol. The zero-order valence-electron chi connectivity index (χ0n) is 11.8. The highest BCUT2D eigenvalue weighted by molar-refractivity contribution is 5.80. The van der Waals surface area contributed by atoms with Crippen LogP contribution in [0.4, 0.5) is 0 Å². The molecule has 106 valence electrons. The lowest BCUT2D eigenvalue weighted by molar-refractivity contribution is -0.134. The number of hydrogen-bond acceptors (Lipinski definition) is 2. The van der Waals surface area contributed by atoms with Crippen molar-refractivity contribution in [1.29, 1.82) is 0 Å². The fourth-order valence-corrected chi connectivity index (χ4v) is 3.28. The van der Waals surface area contributed by atoms with Crippen LogP contribution in [0.15, 0.2) is 36.4 Å². The molecule has 2 atom stereocenters. The molecule has 20 heavy (non-hydrogen) atoms. The van der Waals surface area contributed by atoms with E-state index in [2.05, 4.69) is 30.3 Å². The van der Waals surface area contributed by atoms with Crippen LogP contribution in [0.1, 0.15) is 31.2 Å². The molecule has 2 unspecified atom stereocenters. The SMILES string of the molecule is NC1CCC(C(=O)N2CC=C(c3ccccc3)CC2)C1. The third kappa shape index (κ3) is 2.78. The standard InChI is InChI=1S/C17H22N2O/c18-16-7-6-15(12-16)17(20)19-10-8-14(9-11-19)13-4-2-1-3-5-13/h1-5,8,15-16H,6-7,9-12,18H2. The maximum atomic E-state index is 12.4. The van der Waals surface area contributed by atoms with Gasteiger partial charge in [-0.15, -0.1) is 0 Å². The number of amides is 1. The van der Waals surface area contributed by atoms with Gasteiger partial charge in [0.15, 0.2) is 0 Å². The van der Waals surface area contributed by atoms with Crippen LogP contribution in [0.3, 0.4) is 0 Å². The Morgan fingerprint density at radius 2 is 2.00 bits per heavy atom. The van der Waals surface area contributed by atoms with Crippen LogP contribution in [0.5, 0.6) is 0 Å². The van der Waals surface area contributed by atoms with E-state index in [1.807, 2.05) is 11.0 Å². The highest BCUT2D eigenvalue weighted by Crippen LogP contribution is 2.28. The van der Waals surface area contributed by atoms with Gasteiger partial charge in [-0.3, -0.25) is 4.79 Å². The molecule has 1 aliphatic carbocycles. The van der Waals surface area contributed by atoms with E-state index in [-0.39, 0.29) is 12.0 Å². The van der Waals surface area contributed by atoms with Crippen molar-refractivity contribution in [3.63, 3.8) is 0 Å². The van der Waals surface area contributed by atoms with E-state index in [9.17, 15) is 4.79 Å². The smallest absolute Gasteiger partial charge is 0.226 e. The molecule has 2 aliphatic rings. The zero-order chi connectivity index (χ0) is 13.9. The number of carbonyl (C=O) groups excluding carboxylic acids is 1. The Hall–Kier alpha value is -1.61. The molecular formula is C17H22N2O. The zero-order valence-corrected chi connectivity index (χ0v) is 11.8. The molecule has 0 bridgehead atoms. The first kappa shape index (κ1) is 13.4. The van der Waals surface area contributed by atoms with Gasteiger partial charge in [-0.1, -0.05) is 36.4 Å². The van der Waals surface area contributed by atoms with E-state index in [0.29, 0.717) is 5.91 Å². The molecule has 0 spiro atoms. The quantitative estimate of drug-likeness (QED) is 0.897. The lowest BCUT2D eigenvalue weighted by Gasteiger charge is -2.29. The molecule has 3 nitrogen and oxygen atoms in total. The maximum absolute atomic E-state index is 12.4. The maximum Gasteiger partial charge on any atom is 0.226 e. The Morgan fingerprint density at radius 1 is 1.20 bits per heavy atom. The predicted octanol–water partition coefficient (Wildman–Crippen LogP) is 2.43. The van der Waals surface area contributed by atoms with Gasteiger partial charge in [0.05, 0.1) is 0 Å². The highest BCUT2D eigenvalue weighted by Gasteiger charge is 2.31. The van der Waals surface area contributed by atoms with Crippen molar-refractivity contribution < 1.29 is 4.79 Å². The van der Waals surface area contributed by atoms with Gasteiger partial charge in [-0.2, -0.15) is 0 Å². The number of rotatable bonds is 2. The Kier molecular flexibility index (Phi) is 3.88. The van der Waals surface area contributed by atoms with Gasteiger partial charge < -0.3 is 10.6 Å². The van der Waals surface area contributed by atoms with Crippen molar-refractivity contribution in [2.75, 3.05) is 13.1 Å². The van der Waals surface area contributed by atoms with Crippen LogP contribution in [0.2, 0.25) is 0 Å². The van der Waals surface area contributed by atoms with E-state index < -0.39 is 0 Å². The van der Waals surface area contributed by atoms with Gasteiger partial charge in [-0.05, 0) is 36.8 Å². The molecule has 1 amide bonds. The van der Waals surface area contributed by atoms with Gasteiger partial charge in [0, 0.05) is 25.0 Å². The monoisotopic (exact) mass is 270 g/mol. The van der Waals surface area contributed by atoms with Crippen molar-refractivity contribution >= 4 is 11.5 Å². The van der Waals surface area contributed by atoms with Gasteiger partial charge >= 0.3 is 0 Å². The molecule has 3 heteroatoms. The number of benzene rings is 1. The molecule has 0 radical (unpaired) electrons. The lowest BCUT2D eigenvalue weighted by Crippen LogP contribution is -2.38. The molecule has 1 aromatic rings. The van der Waals surface area contributed by atoms with Crippen molar-refractivity contribution in [3.05, 3.63) is 42.0 Å². The molecule has 1 heterocycles. The Balaban J connectivity index is 1.63. The van der Waals surface area contributed by atoms with E-state index in [1.54, 1.807) is 0 Å². The Labute approximate surface area is 120 Å². The summed E-state index contributed by atoms with van der Waals surface area (Å²) in [5.74, 6) is 0.470. The number of hydrogen-bond donors (Lipinski definition) is 1. The second kappa shape index (κ2) is 5.80. The van der Waals surface area contributed by atoms with Gasteiger partial charge in [0.2, 0.25) is 5.91 Å². The summed E-state index contributed by atoms with van der Waals surface area (Å²) in [4.78, 5) is 14.4. The Morgan fingerprint density at radius 3 is 2.60 bits per heavy atom. The summed E-state index contributed by atoms with van der Waals surface area (Å²) in [6.07, 6.45) is 5.98. The van der Waals surface area contributed by atoms with Crippen LogP contribution < -0.4 is 5.73 Å². The first-order valence-corrected chi connectivity index (χ1v) is 7.53. The van der Waals surface area contributed by atoms with E-state index in [4.69, 9.17) is 5.73 Å². The van der Waals surface area contributed by atoms with E-state index in [1.165, 1.54) is 11.1 Å². The van der Waals surface area contributed by atoms with Gasteiger partial charge in [-0.25, -0.2) is 0 Å². The van der Waals surface area contributed by atoms with Crippen LogP contribution in [0.25, 0.3) is 5.57 Å². The lowest BCUT2D eigenvalue weighted by atomic mass is 9.98. The van der Waals surface area contributed by atoms with Crippen molar-refractivity contribution in [3.8, 4) is 0 Å². The second-order valence-electron chi connectivity index (χ2n) is 5.90. The van der Waals surface area contributed by atoms with Crippen LogP contribution in [0, 0.1) is 5.92 Å². The van der Waals surface area contributed by atoms with Crippen molar-refractivity contribution in [1.82, 2.24) is 4.90 Å². The summed E-state index contributed by atoms with van der Waals surface area (Å²) in [6.45, 7) is 1.58. The van der Waals surface area contributed by atoms with E-state index in [0.717, 1.165) is 38.8 Å². The molecule has 1 aliphatic heterocycles. The summed E-state index contributed by atoms with van der Waals surface area (Å²) >= 11 is 0. The minimum absolute atomic E-state index is 0.164. The minimum atomic E-state index is 0.164. The summed E-state index contributed by atoms with van der Waals surface area (Å²) in [5, 5.41) is 0. The molecule has 0 saturated heterocycles. The highest BCUT2D eigenvalue weighted by atomic mass is 16.2. The summed E-state index contributed by atoms with van der Waals surface area (Å²) in [7, 11) is 0. The molecule has 3 rings (SSSR count). The Bertz CT molecular complexity index is 509. The van der Waals surface area contributed by atoms with E-state index >= 15 is 0 Å². The molecule has 1 aromatic carbocycles. The topological polar surface area (TPSA) is 46.3 Å². The molecule has 1 saturated carbocycles. The average Bonchev–Trinajstić information content (AvgIpc) is 2.94. The van der Waals surface area contributed by atoms with Crippen LogP contribution >= 0.6 is 0 Å². The summed E-state index contributed by atoms with van der Waals surface area (Å²) in [5.41, 5.74) is 8.55. The number of carbonyl (C=O) groups is 1. The summed E-state index contributed by atoms with van der Waals surface area (Å²) < 4.78 is 0. The predicted molar refractivity (Wildman–Crippen MR) is 80.9 cm³/mol. The minimum Gasteiger partial charge on any atom is -0.338 e. The van der Waals surface area contributed by atoms with Gasteiger partial charge in [0.1, 0.15) is 0 Å². The van der Waals surface area contributed by atoms with Gasteiger partial charge in [0.25, 0.3) is 0 Å². The third-order valence-electron chi connectivity index (χ3n) is 4.49. The molecule has 0 aromatic heterocycles. The number of nitrogens with two attached hydrogens (primary N) is 1. The fourth-order valence-electron chi connectivity index (χ4n) is 3.28. The fraction of sp³-hybridized carbons (Fsp3) is 0.471. The first-order chi connectivity index (χ1) is 9.74. The second-order valence-corrected chi connectivity index (χ2v) is 5.90. The number of nitrogens with zero attached hydrogens (tertiary/aromatic N) is 1. The third-order valence-corrected chi connectivity index (χ3v) is 4.49.